The van der Waals surface area contributed by atoms with Gasteiger partial charge in [-0.05, 0) is 31.0 Å². The summed E-state index contributed by atoms with van der Waals surface area (Å²) in [5.74, 6) is 0.864. The first-order valence-electron chi connectivity index (χ1n) is 6.88. The van der Waals surface area contributed by atoms with E-state index < -0.39 is 0 Å². The normalized spacial score (nSPS) is 23.7. The number of nitrogens with zero attached hydrogens (tertiary/aromatic N) is 1. The fourth-order valence-electron chi connectivity index (χ4n) is 2.65. The zero-order valence-electron chi connectivity index (χ0n) is 11.7. The molecule has 1 aromatic rings. The third-order valence-electron chi connectivity index (χ3n) is 3.59. The lowest BCUT2D eigenvalue weighted by Crippen LogP contribution is -2.28. The third-order valence-corrected chi connectivity index (χ3v) is 3.59. The van der Waals surface area contributed by atoms with Crippen LogP contribution in [0.25, 0.3) is 0 Å². The molecule has 106 valence electrons. The molecule has 4 nitrogen and oxygen atoms in total. The Morgan fingerprint density at radius 1 is 1.42 bits per heavy atom. The molecule has 2 rings (SSSR count). The van der Waals surface area contributed by atoms with Crippen molar-refractivity contribution in [3.05, 3.63) is 29.8 Å². The summed E-state index contributed by atoms with van der Waals surface area (Å²) in [7, 11) is 1.68. The van der Waals surface area contributed by atoms with E-state index in [-0.39, 0.29) is 12.1 Å². The van der Waals surface area contributed by atoms with Crippen molar-refractivity contribution in [1.29, 1.82) is 0 Å². The Balaban J connectivity index is 2.06. The number of methoxy groups -OCH3 is 1. The third kappa shape index (κ3) is 3.69. The highest BCUT2D eigenvalue weighted by atomic mass is 16.5. The Kier molecular flexibility index (Phi) is 5.19. The molecule has 2 atom stereocenters. The minimum atomic E-state index is -0.252. The first-order valence-corrected chi connectivity index (χ1v) is 6.88. The molecule has 1 saturated heterocycles. The first kappa shape index (κ1) is 14.3. The van der Waals surface area contributed by atoms with Crippen molar-refractivity contribution in [2.45, 2.75) is 25.5 Å². The molecule has 0 aromatic heterocycles. The molecule has 1 N–H and O–H groups in total. The number of hydrogen-bond donors (Lipinski definition) is 1. The molecular weight excluding hydrogens is 242 g/mol. The summed E-state index contributed by atoms with van der Waals surface area (Å²) in [6, 6.07) is 8.35. The highest BCUT2D eigenvalue weighted by Gasteiger charge is 2.31. The van der Waals surface area contributed by atoms with Gasteiger partial charge in [0.15, 0.2) is 0 Å². The number of benzene rings is 1. The fourth-order valence-corrected chi connectivity index (χ4v) is 2.65. The first-order chi connectivity index (χ1) is 9.24. The number of aliphatic hydroxyl groups is 1. The summed E-state index contributed by atoms with van der Waals surface area (Å²) >= 11 is 0. The molecule has 0 aliphatic carbocycles. The highest BCUT2D eigenvalue weighted by Crippen LogP contribution is 2.33. The van der Waals surface area contributed by atoms with Gasteiger partial charge in [0.1, 0.15) is 5.75 Å². The largest absolute Gasteiger partial charge is 0.497 e. The zero-order valence-corrected chi connectivity index (χ0v) is 11.7. The second-order valence-electron chi connectivity index (χ2n) is 4.87. The van der Waals surface area contributed by atoms with Crippen LogP contribution in [0.1, 0.15) is 24.9 Å². The number of hydrogen-bond acceptors (Lipinski definition) is 4. The van der Waals surface area contributed by atoms with Gasteiger partial charge in [0, 0.05) is 25.7 Å². The van der Waals surface area contributed by atoms with Gasteiger partial charge in [-0.1, -0.05) is 12.1 Å². The van der Waals surface area contributed by atoms with Crippen molar-refractivity contribution >= 4 is 0 Å². The molecule has 4 heteroatoms. The standard InChI is InChI=1S/C15H23NO3/c1-3-19-8-7-16-11-13(17)10-15(16)12-5-4-6-14(9-12)18-2/h4-6,9,13,15,17H,3,7-8,10-11H2,1-2H3/t13-,15-/m0/s1. The van der Waals surface area contributed by atoms with Gasteiger partial charge in [-0.3, -0.25) is 4.90 Å². The van der Waals surface area contributed by atoms with Crippen LogP contribution in [0, 0.1) is 0 Å². The van der Waals surface area contributed by atoms with Gasteiger partial charge in [-0.25, -0.2) is 0 Å². The molecular formula is C15H23NO3. The van der Waals surface area contributed by atoms with E-state index in [1.807, 2.05) is 19.1 Å². The van der Waals surface area contributed by atoms with Gasteiger partial charge in [-0.15, -0.1) is 0 Å². The van der Waals surface area contributed by atoms with Gasteiger partial charge in [0.2, 0.25) is 0 Å². The van der Waals surface area contributed by atoms with Crippen LogP contribution in [0.2, 0.25) is 0 Å². The topological polar surface area (TPSA) is 41.9 Å². The Hall–Kier alpha value is -1.10. The maximum Gasteiger partial charge on any atom is 0.119 e. The van der Waals surface area contributed by atoms with E-state index in [0.29, 0.717) is 6.61 Å². The van der Waals surface area contributed by atoms with Crippen molar-refractivity contribution in [3.8, 4) is 5.75 Å². The van der Waals surface area contributed by atoms with E-state index in [2.05, 4.69) is 17.0 Å². The Labute approximate surface area is 114 Å². The van der Waals surface area contributed by atoms with Crippen molar-refractivity contribution in [3.63, 3.8) is 0 Å². The van der Waals surface area contributed by atoms with E-state index in [4.69, 9.17) is 9.47 Å². The lowest BCUT2D eigenvalue weighted by Gasteiger charge is -2.24. The number of β-amino-alcohol motifs (C(OH)–C–C–N with tert-alkyl or cyclic N) is 1. The summed E-state index contributed by atoms with van der Waals surface area (Å²) in [5, 5.41) is 9.90. The van der Waals surface area contributed by atoms with E-state index in [0.717, 1.165) is 31.9 Å². The quantitative estimate of drug-likeness (QED) is 0.797. The maximum absolute atomic E-state index is 9.90. The van der Waals surface area contributed by atoms with Crippen LogP contribution >= 0.6 is 0 Å². The van der Waals surface area contributed by atoms with E-state index >= 15 is 0 Å². The smallest absolute Gasteiger partial charge is 0.119 e. The summed E-state index contributed by atoms with van der Waals surface area (Å²) in [5.41, 5.74) is 1.20. The Bertz CT molecular complexity index is 397. The molecule has 0 radical (unpaired) electrons. The van der Waals surface area contributed by atoms with Gasteiger partial charge < -0.3 is 14.6 Å². The number of aliphatic hydroxyl groups excluding tert-OH is 1. The second-order valence-corrected chi connectivity index (χ2v) is 4.87. The summed E-state index contributed by atoms with van der Waals surface area (Å²) in [6.45, 7) is 5.02. The predicted octanol–water partition coefficient (Wildman–Crippen LogP) is 1.84. The predicted molar refractivity (Wildman–Crippen MR) is 74.4 cm³/mol. The minimum Gasteiger partial charge on any atom is -0.497 e. The van der Waals surface area contributed by atoms with Crippen LogP contribution in [0.4, 0.5) is 0 Å². The van der Waals surface area contributed by atoms with Crippen LogP contribution in [0.15, 0.2) is 24.3 Å². The zero-order chi connectivity index (χ0) is 13.7. The van der Waals surface area contributed by atoms with E-state index in [1.165, 1.54) is 5.56 Å². The molecule has 0 spiro atoms. The Morgan fingerprint density at radius 2 is 2.26 bits per heavy atom. The average Bonchev–Trinajstić information content (AvgIpc) is 2.80. The second kappa shape index (κ2) is 6.89. The molecule has 0 amide bonds. The summed E-state index contributed by atoms with van der Waals surface area (Å²) in [4.78, 5) is 2.29. The van der Waals surface area contributed by atoms with Crippen LogP contribution in [0.5, 0.6) is 5.75 Å². The highest BCUT2D eigenvalue weighted by molar-refractivity contribution is 5.31. The van der Waals surface area contributed by atoms with E-state index in [1.54, 1.807) is 7.11 Å². The van der Waals surface area contributed by atoms with Crippen molar-refractivity contribution in [2.24, 2.45) is 0 Å². The minimum absolute atomic E-state index is 0.252. The molecule has 0 bridgehead atoms. The average molecular weight is 265 g/mol. The molecule has 1 fully saturated rings. The number of rotatable bonds is 6. The maximum atomic E-state index is 9.90. The van der Waals surface area contributed by atoms with Gasteiger partial charge in [0.05, 0.1) is 19.8 Å². The molecule has 19 heavy (non-hydrogen) atoms. The van der Waals surface area contributed by atoms with Crippen LogP contribution in [-0.4, -0.2) is 49.5 Å². The molecule has 0 unspecified atom stereocenters. The number of ether oxygens (including phenoxy) is 2. The van der Waals surface area contributed by atoms with Gasteiger partial charge in [-0.2, -0.15) is 0 Å². The molecule has 1 aliphatic rings. The summed E-state index contributed by atoms with van der Waals surface area (Å²) in [6.07, 6.45) is 0.525. The summed E-state index contributed by atoms with van der Waals surface area (Å²) < 4.78 is 10.7. The van der Waals surface area contributed by atoms with E-state index in [9.17, 15) is 5.11 Å². The van der Waals surface area contributed by atoms with Gasteiger partial charge in [0.25, 0.3) is 0 Å². The molecule has 0 saturated carbocycles. The monoisotopic (exact) mass is 265 g/mol. The SMILES string of the molecule is CCOCCN1C[C@@H](O)C[C@H]1c1cccc(OC)c1. The van der Waals surface area contributed by atoms with Crippen molar-refractivity contribution in [1.82, 2.24) is 4.90 Å². The van der Waals surface area contributed by atoms with Crippen LogP contribution in [-0.2, 0) is 4.74 Å². The fraction of sp³-hybridized carbons (Fsp3) is 0.600. The number of likely N-dealkylation sites (tertiary alicyclic amines) is 1. The molecule has 1 aromatic carbocycles. The molecule has 1 aliphatic heterocycles. The van der Waals surface area contributed by atoms with Gasteiger partial charge >= 0.3 is 0 Å². The van der Waals surface area contributed by atoms with Crippen molar-refractivity contribution in [2.75, 3.05) is 33.4 Å². The van der Waals surface area contributed by atoms with Crippen LogP contribution in [0.3, 0.4) is 0 Å². The lowest BCUT2D eigenvalue weighted by molar-refractivity contribution is 0.103. The van der Waals surface area contributed by atoms with Crippen molar-refractivity contribution < 1.29 is 14.6 Å². The Morgan fingerprint density at radius 3 is 3.00 bits per heavy atom. The lowest BCUT2D eigenvalue weighted by atomic mass is 10.0. The molecule has 1 heterocycles. The van der Waals surface area contributed by atoms with Crippen LogP contribution < -0.4 is 4.74 Å².